The number of hydrogen-bond donors (Lipinski definition) is 3. The van der Waals surface area contributed by atoms with Gasteiger partial charge >= 0.3 is 5.97 Å². The molecule has 5 N–H and O–H groups in total. The van der Waals surface area contributed by atoms with Gasteiger partial charge in [-0.05, 0) is 5.92 Å². The fourth-order valence-corrected chi connectivity index (χ4v) is 2.23. The number of primary amides is 1. The number of thioether (sulfide) groups is 1. The predicted molar refractivity (Wildman–Crippen MR) is 65.9 cm³/mol. The number of carbonyl (C=O) groups excluding carboxylic acids is 1. The molecule has 8 nitrogen and oxygen atoms in total. The van der Waals surface area contributed by atoms with E-state index in [2.05, 4.69) is 10.2 Å². The number of rotatable bonds is 6. The van der Waals surface area contributed by atoms with Crippen molar-refractivity contribution < 1.29 is 14.7 Å². The number of carboxylic acids is 1. The number of nitrogens with zero attached hydrogens (tertiary/aromatic N) is 3. The van der Waals surface area contributed by atoms with Gasteiger partial charge in [0, 0.05) is 0 Å². The summed E-state index contributed by atoms with van der Waals surface area (Å²) in [5, 5.41) is 16.3. The second-order valence-electron chi connectivity index (χ2n) is 3.98. The Bertz CT molecular complexity index is 459. The molecule has 0 saturated carbocycles. The first-order chi connectivity index (χ1) is 8.34. The van der Waals surface area contributed by atoms with Crippen LogP contribution in [0.2, 0.25) is 0 Å². The average molecular weight is 273 g/mol. The summed E-state index contributed by atoms with van der Waals surface area (Å²) in [5.41, 5.74) is 11.0. The van der Waals surface area contributed by atoms with Crippen LogP contribution >= 0.6 is 11.8 Å². The van der Waals surface area contributed by atoms with Gasteiger partial charge < -0.3 is 16.6 Å². The zero-order chi connectivity index (χ0) is 13.9. The summed E-state index contributed by atoms with van der Waals surface area (Å²) < 4.78 is 1.38. The van der Waals surface area contributed by atoms with Gasteiger partial charge in [0.2, 0.25) is 11.9 Å². The van der Waals surface area contributed by atoms with Crippen LogP contribution < -0.4 is 11.5 Å². The third-order valence-electron chi connectivity index (χ3n) is 2.22. The van der Waals surface area contributed by atoms with Crippen molar-refractivity contribution in [3.63, 3.8) is 0 Å². The molecule has 0 radical (unpaired) electrons. The minimum atomic E-state index is -0.992. The minimum absolute atomic E-state index is 0.0420. The van der Waals surface area contributed by atoms with E-state index in [4.69, 9.17) is 16.6 Å². The molecule has 100 valence electrons. The lowest BCUT2D eigenvalue weighted by atomic mass is 10.0. The topological polar surface area (TPSA) is 137 Å². The highest BCUT2D eigenvalue weighted by Crippen LogP contribution is 2.27. The summed E-state index contributed by atoms with van der Waals surface area (Å²) in [6.07, 6.45) is 0. The van der Waals surface area contributed by atoms with Crippen LogP contribution in [0.4, 0.5) is 5.95 Å². The Labute approximate surface area is 108 Å². The molecule has 0 aliphatic carbocycles. The maximum absolute atomic E-state index is 11.4. The number of carboxylic acid groups (broad SMARTS) is 1. The lowest BCUT2D eigenvalue weighted by Crippen LogP contribution is -2.31. The summed E-state index contributed by atoms with van der Waals surface area (Å²) in [5.74, 6) is -1.81. The van der Waals surface area contributed by atoms with Crippen LogP contribution in [0.15, 0.2) is 5.16 Å². The number of aromatic nitrogens is 3. The molecule has 0 aliphatic rings. The number of hydrogen-bond acceptors (Lipinski definition) is 6. The number of amides is 1. The normalized spacial score (nSPS) is 12.6. The lowest BCUT2D eigenvalue weighted by molar-refractivity contribution is -0.133. The fourth-order valence-electron chi connectivity index (χ4n) is 1.53. The number of nitrogens with two attached hydrogens (primary N) is 2. The molecule has 1 amide bonds. The van der Waals surface area contributed by atoms with Crippen LogP contribution in [0.25, 0.3) is 0 Å². The molecule has 0 spiro atoms. The van der Waals surface area contributed by atoms with E-state index in [1.54, 1.807) is 13.8 Å². The molecule has 1 heterocycles. The molecule has 0 aliphatic heterocycles. The summed E-state index contributed by atoms with van der Waals surface area (Å²) in [7, 11) is 0. The highest BCUT2D eigenvalue weighted by molar-refractivity contribution is 7.99. The van der Waals surface area contributed by atoms with Crippen molar-refractivity contribution >= 4 is 29.6 Å². The van der Waals surface area contributed by atoms with Gasteiger partial charge in [0.25, 0.3) is 0 Å². The van der Waals surface area contributed by atoms with Crippen molar-refractivity contribution in [2.75, 3.05) is 11.5 Å². The van der Waals surface area contributed by atoms with Gasteiger partial charge in [-0.2, -0.15) is 0 Å². The first kappa shape index (κ1) is 14.3. The summed E-state index contributed by atoms with van der Waals surface area (Å²) >= 11 is 0.941. The maximum atomic E-state index is 11.4. The number of nitrogen functional groups attached to an aromatic ring is 1. The van der Waals surface area contributed by atoms with Gasteiger partial charge in [-0.3, -0.25) is 14.2 Å². The monoisotopic (exact) mass is 273 g/mol. The average Bonchev–Trinajstić information content (AvgIpc) is 2.57. The lowest BCUT2D eigenvalue weighted by Gasteiger charge is -2.20. The van der Waals surface area contributed by atoms with Gasteiger partial charge in [-0.25, -0.2) is 0 Å². The van der Waals surface area contributed by atoms with Crippen molar-refractivity contribution in [3.8, 4) is 0 Å². The molecule has 1 aromatic rings. The second kappa shape index (κ2) is 5.71. The molecule has 9 heteroatoms. The number of aliphatic carboxylic acids is 1. The van der Waals surface area contributed by atoms with Crippen molar-refractivity contribution in [2.45, 2.75) is 25.0 Å². The van der Waals surface area contributed by atoms with Crippen LogP contribution in [0.3, 0.4) is 0 Å². The van der Waals surface area contributed by atoms with Gasteiger partial charge in [0.1, 0.15) is 6.04 Å². The molecule has 18 heavy (non-hydrogen) atoms. The highest BCUT2D eigenvalue weighted by Gasteiger charge is 2.27. The molecule has 1 atom stereocenters. The molecule has 0 saturated heterocycles. The molecular formula is C9H15N5O3S. The smallest absolute Gasteiger partial charge is 0.313 e. The first-order valence-electron chi connectivity index (χ1n) is 5.18. The Morgan fingerprint density at radius 3 is 2.50 bits per heavy atom. The van der Waals surface area contributed by atoms with Crippen molar-refractivity contribution in [2.24, 2.45) is 11.7 Å². The first-order valence-corrected chi connectivity index (χ1v) is 6.17. The standard InChI is InChI=1S/C9H15N5O3S/c1-4(2)6(7(10)17)14-8(11)12-13-9(14)18-3-5(15)16/h4,6H,3H2,1-2H3,(H2,10,17)(H2,11,12)(H,15,16). The van der Waals surface area contributed by atoms with Crippen molar-refractivity contribution in [1.82, 2.24) is 14.8 Å². The van der Waals surface area contributed by atoms with Gasteiger partial charge in [-0.15, -0.1) is 10.2 Å². The van der Waals surface area contributed by atoms with Crippen LogP contribution in [0.5, 0.6) is 0 Å². The number of anilines is 1. The minimum Gasteiger partial charge on any atom is -0.481 e. The Morgan fingerprint density at radius 1 is 1.44 bits per heavy atom. The molecule has 0 aromatic carbocycles. The highest BCUT2D eigenvalue weighted by atomic mass is 32.2. The molecule has 1 unspecified atom stereocenters. The zero-order valence-corrected chi connectivity index (χ0v) is 10.8. The van der Waals surface area contributed by atoms with E-state index < -0.39 is 17.9 Å². The van der Waals surface area contributed by atoms with Crippen molar-refractivity contribution in [3.05, 3.63) is 0 Å². The largest absolute Gasteiger partial charge is 0.481 e. The number of carbonyl (C=O) groups is 2. The quantitative estimate of drug-likeness (QED) is 0.606. The Kier molecular flexibility index (Phi) is 4.54. The third-order valence-corrected chi connectivity index (χ3v) is 3.14. The third kappa shape index (κ3) is 3.13. The summed E-state index contributed by atoms with van der Waals surface area (Å²) in [6, 6.07) is -0.698. The van der Waals surface area contributed by atoms with Gasteiger partial charge in [0.05, 0.1) is 5.75 Å². The fraction of sp³-hybridized carbons (Fsp3) is 0.556. The maximum Gasteiger partial charge on any atom is 0.313 e. The van der Waals surface area contributed by atoms with E-state index in [-0.39, 0.29) is 22.8 Å². The molecule has 0 bridgehead atoms. The molecule has 0 fully saturated rings. The summed E-state index contributed by atoms with van der Waals surface area (Å²) in [4.78, 5) is 22.0. The zero-order valence-electron chi connectivity index (χ0n) is 10.0. The summed E-state index contributed by atoms with van der Waals surface area (Å²) in [6.45, 7) is 3.61. The van der Waals surface area contributed by atoms with E-state index >= 15 is 0 Å². The van der Waals surface area contributed by atoms with E-state index in [1.807, 2.05) is 0 Å². The molecule has 1 rings (SSSR count). The van der Waals surface area contributed by atoms with Crippen molar-refractivity contribution in [1.29, 1.82) is 0 Å². The predicted octanol–water partition coefficient (Wildman–Crippen LogP) is -0.281. The Hall–Kier alpha value is -1.77. The Morgan fingerprint density at radius 2 is 2.06 bits per heavy atom. The van der Waals surface area contributed by atoms with E-state index in [0.29, 0.717) is 0 Å². The van der Waals surface area contributed by atoms with Crippen LogP contribution in [0.1, 0.15) is 19.9 Å². The van der Waals surface area contributed by atoms with Gasteiger partial charge in [0.15, 0.2) is 5.16 Å². The second-order valence-corrected chi connectivity index (χ2v) is 4.93. The SMILES string of the molecule is CC(C)C(C(N)=O)n1c(N)nnc1SCC(=O)O. The van der Waals surface area contributed by atoms with Crippen LogP contribution in [0, 0.1) is 5.92 Å². The Balaban J connectivity index is 3.08. The molecular weight excluding hydrogens is 258 g/mol. The van der Waals surface area contributed by atoms with E-state index in [1.165, 1.54) is 4.57 Å². The van der Waals surface area contributed by atoms with E-state index in [9.17, 15) is 9.59 Å². The van der Waals surface area contributed by atoms with Gasteiger partial charge in [-0.1, -0.05) is 25.6 Å². The molecule has 1 aromatic heterocycles. The van der Waals surface area contributed by atoms with Crippen LogP contribution in [-0.4, -0.2) is 37.5 Å². The van der Waals surface area contributed by atoms with E-state index in [0.717, 1.165) is 11.8 Å². The van der Waals surface area contributed by atoms with Crippen LogP contribution in [-0.2, 0) is 9.59 Å².